The Hall–Kier alpha value is -1.10. The summed E-state index contributed by atoms with van der Waals surface area (Å²) in [7, 11) is 3.40. The van der Waals surface area contributed by atoms with Crippen LogP contribution in [0.2, 0.25) is 0 Å². The summed E-state index contributed by atoms with van der Waals surface area (Å²) in [5.74, 6) is 0.330. The normalized spacial score (nSPS) is 14.2. The number of nitrogens with zero attached hydrogens (tertiary/aromatic N) is 1. The van der Waals surface area contributed by atoms with E-state index in [4.69, 9.17) is 5.73 Å². The molecule has 0 bridgehead atoms. The van der Waals surface area contributed by atoms with Gasteiger partial charge < -0.3 is 16.0 Å². The summed E-state index contributed by atoms with van der Waals surface area (Å²) in [4.78, 5) is 25.3. The number of carbonyl (C=O) groups excluding carboxylic acids is 2. The summed E-state index contributed by atoms with van der Waals surface area (Å²) >= 11 is 0. The van der Waals surface area contributed by atoms with Gasteiger partial charge in [-0.2, -0.15) is 0 Å². The van der Waals surface area contributed by atoms with E-state index in [0.29, 0.717) is 25.3 Å². The SMILES string of the molecule is CC(C)CC(NC(=O)CC(C)CN)C(=O)N(C)C. The molecule has 106 valence electrons. The summed E-state index contributed by atoms with van der Waals surface area (Å²) < 4.78 is 0. The summed E-state index contributed by atoms with van der Waals surface area (Å²) in [6.07, 6.45) is 1.02. The lowest BCUT2D eigenvalue weighted by atomic mass is 10.0. The fourth-order valence-corrected chi connectivity index (χ4v) is 1.66. The van der Waals surface area contributed by atoms with Crippen molar-refractivity contribution in [2.24, 2.45) is 17.6 Å². The predicted octanol–water partition coefficient (Wildman–Crippen LogP) is 0.590. The standard InChI is InChI=1S/C13H27N3O2/c1-9(2)6-11(13(18)16(4)5)15-12(17)7-10(3)8-14/h9-11H,6-8,14H2,1-5H3,(H,15,17). The van der Waals surface area contributed by atoms with Crippen molar-refractivity contribution in [3.63, 3.8) is 0 Å². The number of nitrogens with two attached hydrogens (primary N) is 1. The molecule has 2 atom stereocenters. The average Bonchev–Trinajstić information content (AvgIpc) is 2.25. The zero-order valence-electron chi connectivity index (χ0n) is 12.2. The molecule has 0 aromatic carbocycles. The summed E-state index contributed by atoms with van der Waals surface area (Å²) in [6, 6.07) is -0.433. The third kappa shape index (κ3) is 6.59. The molecule has 18 heavy (non-hydrogen) atoms. The number of carbonyl (C=O) groups is 2. The molecule has 0 saturated heterocycles. The van der Waals surface area contributed by atoms with Crippen LogP contribution in [0.15, 0.2) is 0 Å². The first kappa shape index (κ1) is 16.9. The number of likely N-dealkylation sites (N-methyl/N-ethyl adjacent to an activating group) is 1. The quantitative estimate of drug-likeness (QED) is 0.701. The van der Waals surface area contributed by atoms with Gasteiger partial charge in [-0.15, -0.1) is 0 Å². The van der Waals surface area contributed by atoms with Crippen molar-refractivity contribution < 1.29 is 9.59 Å². The number of rotatable bonds is 7. The Balaban J connectivity index is 4.49. The Bertz CT molecular complexity index is 277. The second-order valence-corrected chi connectivity index (χ2v) is 5.53. The Labute approximate surface area is 110 Å². The molecule has 0 radical (unpaired) electrons. The van der Waals surface area contributed by atoms with E-state index < -0.39 is 6.04 Å². The zero-order valence-corrected chi connectivity index (χ0v) is 12.2. The summed E-state index contributed by atoms with van der Waals surface area (Å²) in [5, 5.41) is 2.81. The maximum atomic E-state index is 12.0. The Kier molecular flexibility index (Phi) is 7.59. The first-order valence-corrected chi connectivity index (χ1v) is 6.48. The summed E-state index contributed by atoms with van der Waals surface area (Å²) in [6.45, 7) is 6.46. The van der Waals surface area contributed by atoms with Crippen LogP contribution in [0.5, 0.6) is 0 Å². The van der Waals surface area contributed by atoms with Gasteiger partial charge in [0.05, 0.1) is 0 Å². The van der Waals surface area contributed by atoms with E-state index in [1.54, 1.807) is 14.1 Å². The van der Waals surface area contributed by atoms with E-state index in [0.717, 1.165) is 0 Å². The van der Waals surface area contributed by atoms with Gasteiger partial charge in [-0.3, -0.25) is 9.59 Å². The number of amides is 2. The van der Waals surface area contributed by atoms with Gasteiger partial charge in [-0.05, 0) is 24.8 Å². The topological polar surface area (TPSA) is 75.4 Å². The van der Waals surface area contributed by atoms with Crippen molar-refractivity contribution >= 4 is 11.8 Å². The van der Waals surface area contributed by atoms with Crippen LogP contribution < -0.4 is 11.1 Å². The van der Waals surface area contributed by atoms with Gasteiger partial charge in [0.1, 0.15) is 6.04 Å². The van der Waals surface area contributed by atoms with Crippen molar-refractivity contribution in [2.75, 3.05) is 20.6 Å². The monoisotopic (exact) mass is 257 g/mol. The first-order valence-electron chi connectivity index (χ1n) is 6.48. The third-order valence-electron chi connectivity index (χ3n) is 2.72. The highest BCUT2D eigenvalue weighted by Gasteiger charge is 2.23. The molecule has 0 aromatic heterocycles. The molecule has 0 aromatic rings. The van der Waals surface area contributed by atoms with Gasteiger partial charge in [-0.25, -0.2) is 0 Å². The van der Waals surface area contributed by atoms with Crippen LogP contribution in [-0.4, -0.2) is 43.4 Å². The second-order valence-electron chi connectivity index (χ2n) is 5.53. The highest BCUT2D eigenvalue weighted by molar-refractivity contribution is 5.87. The Morgan fingerprint density at radius 1 is 1.22 bits per heavy atom. The molecular weight excluding hydrogens is 230 g/mol. The van der Waals surface area contributed by atoms with Gasteiger partial charge in [0.15, 0.2) is 0 Å². The fourth-order valence-electron chi connectivity index (χ4n) is 1.66. The Morgan fingerprint density at radius 2 is 1.78 bits per heavy atom. The van der Waals surface area contributed by atoms with Crippen LogP contribution in [-0.2, 0) is 9.59 Å². The predicted molar refractivity (Wildman–Crippen MR) is 72.9 cm³/mol. The highest BCUT2D eigenvalue weighted by Crippen LogP contribution is 2.08. The fraction of sp³-hybridized carbons (Fsp3) is 0.846. The molecule has 0 heterocycles. The molecule has 0 spiro atoms. The molecule has 3 N–H and O–H groups in total. The van der Waals surface area contributed by atoms with Crippen LogP contribution in [0.3, 0.4) is 0 Å². The number of hydrogen-bond acceptors (Lipinski definition) is 3. The average molecular weight is 257 g/mol. The lowest BCUT2D eigenvalue weighted by Gasteiger charge is -2.23. The van der Waals surface area contributed by atoms with E-state index >= 15 is 0 Å². The molecule has 0 saturated carbocycles. The second kappa shape index (κ2) is 8.08. The van der Waals surface area contributed by atoms with E-state index in [9.17, 15) is 9.59 Å². The lowest BCUT2D eigenvalue weighted by molar-refractivity contribution is -0.135. The maximum absolute atomic E-state index is 12.0. The van der Waals surface area contributed by atoms with Crippen molar-refractivity contribution in [2.45, 2.75) is 39.7 Å². The Morgan fingerprint density at radius 3 is 2.17 bits per heavy atom. The molecule has 0 fully saturated rings. The zero-order chi connectivity index (χ0) is 14.3. The third-order valence-corrected chi connectivity index (χ3v) is 2.72. The van der Waals surface area contributed by atoms with Gasteiger partial charge in [0.2, 0.25) is 11.8 Å². The lowest BCUT2D eigenvalue weighted by Crippen LogP contribution is -2.47. The minimum Gasteiger partial charge on any atom is -0.347 e. The smallest absolute Gasteiger partial charge is 0.244 e. The van der Waals surface area contributed by atoms with Crippen molar-refractivity contribution in [1.82, 2.24) is 10.2 Å². The van der Waals surface area contributed by atoms with Crippen LogP contribution in [0.4, 0.5) is 0 Å². The molecule has 0 aliphatic carbocycles. The van der Waals surface area contributed by atoms with E-state index in [1.807, 2.05) is 20.8 Å². The number of hydrogen-bond donors (Lipinski definition) is 2. The van der Waals surface area contributed by atoms with Crippen molar-refractivity contribution in [1.29, 1.82) is 0 Å². The van der Waals surface area contributed by atoms with Gasteiger partial charge >= 0.3 is 0 Å². The van der Waals surface area contributed by atoms with E-state index in [2.05, 4.69) is 5.32 Å². The van der Waals surface area contributed by atoms with E-state index in [-0.39, 0.29) is 17.7 Å². The van der Waals surface area contributed by atoms with Gasteiger partial charge in [0, 0.05) is 20.5 Å². The van der Waals surface area contributed by atoms with E-state index in [1.165, 1.54) is 4.90 Å². The largest absolute Gasteiger partial charge is 0.347 e. The molecule has 0 aliphatic heterocycles. The van der Waals surface area contributed by atoms with Crippen LogP contribution in [0.25, 0.3) is 0 Å². The first-order chi connectivity index (χ1) is 8.27. The van der Waals surface area contributed by atoms with Crippen molar-refractivity contribution in [3.05, 3.63) is 0 Å². The molecule has 5 heteroatoms. The van der Waals surface area contributed by atoms with Crippen LogP contribution in [0, 0.1) is 11.8 Å². The molecule has 5 nitrogen and oxygen atoms in total. The van der Waals surface area contributed by atoms with Crippen LogP contribution >= 0.6 is 0 Å². The van der Waals surface area contributed by atoms with Crippen molar-refractivity contribution in [3.8, 4) is 0 Å². The highest BCUT2D eigenvalue weighted by atomic mass is 16.2. The maximum Gasteiger partial charge on any atom is 0.244 e. The number of nitrogens with one attached hydrogen (secondary N) is 1. The molecule has 2 amide bonds. The molecule has 2 unspecified atom stereocenters. The van der Waals surface area contributed by atoms with Crippen LogP contribution in [0.1, 0.15) is 33.6 Å². The molecular formula is C13H27N3O2. The minimum atomic E-state index is -0.433. The molecule has 0 aliphatic rings. The minimum absolute atomic E-state index is 0.0579. The van der Waals surface area contributed by atoms with Gasteiger partial charge in [0.25, 0.3) is 0 Å². The molecule has 0 rings (SSSR count). The summed E-state index contributed by atoms with van der Waals surface area (Å²) in [5.41, 5.74) is 5.48. The van der Waals surface area contributed by atoms with Gasteiger partial charge in [-0.1, -0.05) is 20.8 Å².